The molecule has 0 bridgehead atoms. The van der Waals surface area contributed by atoms with E-state index in [0.29, 0.717) is 53.4 Å². The molecule has 200 valence electrons. The van der Waals surface area contributed by atoms with Gasteiger partial charge in [-0.25, -0.2) is 14.4 Å². The highest BCUT2D eigenvalue weighted by Gasteiger charge is 2.49. The number of fused-ring (bicyclic) bond motifs is 1. The Morgan fingerprint density at radius 3 is 2.51 bits per heavy atom. The number of ether oxygens (including phenoxy) is 3. The zero-order valence-electron chi connectivity index (χ0n) is 21.6. The summed E-state index contributed by atoms with van der Waals surface area (Å²) >= 11 is 0. The third kappa shape index (κ3) is 5.75. The molecule has 0 aliphatic heterocycles. The fraction of sp³-hybridized carbons (Fsp3) is 0.481. The molecule has 2 N–H and O–H groups in total. The molecule has 0 amide bonds. The molecule has 3 aromatic rings. The number of nitrogens with zero attached hydrogens (tertiary/aromatic N) is 2. The van der Waals surface area contributed by atoms with Gasteiger partial charge in [0.25, 0.3) is 0 Å². The van der Waals surface area contributed by atoms with Gasteiger partial charge in [-0.05, 0) is 52.7 Å². The maximum absolute atomic E-state index is 15.3. The van der Waals surface area contributed by atoms with Crippen LogP contribution in [0, 0.1) is 12.7 Å². The molecule has 1 heterocycles. The van der Waals surface area contributed by atoms with Crippen molar-refractivity contribution in [3.63, 3.8) is 0 Å². The summed E-state index contributed by atoms with van der Waals surface area (Å²) in [5.74, 6) is -3.09. The first-order chi connectivity index (χ1) is 17.4. The van der Waals surface area contributed by atoms with Crippen molar-refractivity contribution < 1.29 is 32.5 Å². The zero-order chi connectivity index (χ0) is 27.0. The Labute approximate surface area is 214 Å². The van der Waals surface area contributed by atoms with Crippen LogP contribution in [0.5, 0.6) is 11.5 Å². The summed E-state index contributed by atoms with van der Waals surface area (Å²) in [4.78, 5) is 8.95. The monoisotopic (exact) mass is 519 g/mol. The average Bonchev–Trinajstić information content (AvgIpc) is 3.65. The van der Waals surface area contributed by atoms with Gasteiger partial charge in [-0.3, -0.25) is 0 Å². The Morgan fingerprint density at radius 2 is 1.86 bits per heavy atom. The molecule has 1 atom stereocenters. The summed E-state index contributed by atoms with van der Waals surface area (Å²) in [6, 6.07) is 6.46. The number of halogens is 3. The van der Waals surface area contributed by atoms with Crippen LogP contribution in [-0.4, -0.2) is 47.1 Å². The van der Waals surface area contributed by atoms with E-state index in [4.69, 9.17) is 14.2 Å². The van der Waals surface area contributed by atoms with Gasteiger partial charge >= 0.3 is 5.92 Å². The van der Waals surface area contributed by atoms with Crippen LogP contribution in [-0.2, 0) is 10.7 Å². The van der Waals surface area contributed by atoms with Gasteiger partial charge in [0.2, 0.25) is 0 Å². The van der Waals surface area contributed by atoms with Crippen LogP contribution in [0.25, 0.3) is 10.9 Å². The minimum atomic E-state index is -3.79. The summed E-state index contributed by atoms with van der Waals surface area (Å²) < 4.78 is 61.9. The maximum Gasteiger partial charge on any atom is 0.303 e. The summed E-state index contributed by atoms with van der Waals surface area (Å²) in [6.07, 6.45) is 2.46. The van der Waals surface area contributed by atoms with Crippen molar-refractivity contribution in [1.82, 2.24) is 9.97 Å². The Hall–Kier alpha value is -3.11. The lowest BCUT2D eigenvalue weighted by atomic mass is 9.91. The van der Waals surface area contributed by atoms with E-state index in [9.17, 15) is 13.9 Å². The van der Waals surface area contributed by atoms with Gasteiger partial charge in [0.15, 0.2) is 11.5 Å². The highest BCUT2D eigenvalue weighted by Crippen LogP contribution is 2.42. The summed E-state index contributed by atoms with van der Waals surface area (Å²) in [6.45, 7) is 6.03. The first kappa shape index (κ1) is 26.9. The Bertz CT molecular complexity index is 1280. The second kappa shape index (κ2) is 10.3. The molecule has 1 aliphatic rings. The normalized spacial score (nSPS) is 15.1. The van der Waals surface area contributed by atoms with Crippen LogP contribution in [0.3, 0.4) is 0 Å². The van der Waals surface area contributed by atoms with Gasteiger partial charge in [0, 0.05) is 17.0 Å². The number of nitrogens with one attached hydrogen (secondary N) is 1. The molecular formula is C27H32F3N3O4. The van der Waals surface area contributed by atoms with Gasteiger partial charge in [-0.2, -0.15) is 8.78 Å². The lowest BCUT2D eigenvalue weighted by molar-refractivity contribution is -0.170. The van der Waals surface area contributed by atoms with E-state index < -0.39 is 28.9 Å². The van der Waals surface area contributed by atoms with Crippen molar-refractivity contribution in [3.05, 3.63) is 53.1 Å². The van der Waals surface area contributed by atoms with Crippen molar-refractivity contribution in [2.45, 2.75) is 64.2 Å². The SMILES string of the molecule is COc1cc2nc(C)nc(N[C@H](C)c3cccc(C(F)(F)C(C)(C)O)c3F)c2cc1OCCOC1CC1. The topological polar surface area (TPSA) is 85.7 Å². The number of anilines is 1. The number of aliphatic hydroxyl groups is 1. The Kier molecular flexibility index (Phi) is 7.52. The lowest BCUT2D eigenvalue weighted by Gasteiger charge is -2.30. The average molecular weight is 520 g/mol. The van der Waals surface area contributed by atoms with E-state index >= 15 is 4.39 Å². The van der Waals surface area contributed by atoms with Crippen molar-refractivity contribution in [2.24, 2.45) is 0 Å². The molecule has 1 aliphatic carbocycles. The molecule has 0 unspecified atom stereocenters. The van der Waals surface area contributed by atoms with Gasteiger partial charge in [0.1, 0.15) is 29.7 Å². The number of rotatable bonds is 11. The summed E-state index contributed by atoms with van der Waals surface area (Å²) in [7, 11) is 1.53. The van der Waals surface area contributed by atoms with Gasteiger partial charge in [-0.1, -0.05) is 12.1 Å². The minimum absolute atomic E-state index is 0.00745. The maximum atomic E-state index is 15.3. The lowest BCUT2D eigenvalue weighted by Crippen LogP contribution is -2.41. The predicted molar refractivity (Wildman–Crippen MR) is 134 cm³/mol. The van der Waals surface area contributed by atoms with Crippen LogP contribution < -0.4 is 14.8 Å². The smallest absolute Gasteiger partial charge is 0.303 e. The van der Waals surface area contributed by atoms with Crippen LogP contribution in [0.1, 0.15) is 56.6 Å². The third-order valence-corrected chi connectivity index (χ3v) is 6.27. The van der Waals surface area contributed by atoms with E-state index in [0.717, 1.165) is 32.8 Å². The Balaban J connectivity index is 1.65. The summed E-state index contributed by atoms with van der Waals surface area (Å²) in [5, 5.41) is 13.7. The number of methoxy groups -OCH3 is 1. The number of alkyl halides is 2. The van der Waals surface area contributed by atoms with E-state index in [-0.39, 0.29) is 5.56 Å². The molecule has 0 saturated heterocycles. The molecule has 10 heteroatoms. The fourth-order valence-corrected chi connectivity index (χ4v) is 3.98. The van der Waals surface area contributed by atoms with E-state index in [1.807, 2.05) is 0 Å². The molecule has 37 heavy (non-hydrogen) atoms. The fourth-order valence-electron chi connectivity index (χ4n) is 3.98. The molecule has 1 saturated carbocycles. The van der Waals surface area contributed by atoms with E-state index in [1.165, 1.54) is 19.2 Å². The zero-order valence-corrected chi connectivity index (χ0v) is 21.6. The molecule has 0 spiro atoms. The van der Waals surface area contributed by atoms with Crippen molar-refractivity contribution in [2.75, 3.05) is 25.6 Å². The summed E-state index contributed by atoms with van der Waals surface area (Å²) in [5.41, 5.74) is -2.73. The second-order valence-corrected chi connectivity index (χ2v) is 9.77. The molecular weight excluding hydrogens is 487 g/mol. The first-order valence-electron chi connectivity index (χ1n) is 12.2. The quantitative estimate of drug-likeness (QED) is 0.315. The number of hydrogen-bond acceptors (Lipinski definition) is 7. The van der Waals surface area contributed by atoms with Gasteiger partial charge in [-0.15, -0.1) is 0 Å². The van der Waals surface area contributed by atoms with E-state index in [2.05, 4.69) is 15.3 Å². The number of aryl methyl sites for hydroxylation is 1. The molecule has 1 aromatic heterocycles. The standard InChI is InChI=1S/C27H32F3N3O4/c1-15(18-7-6-8-20(24(18)28)27(29,30)26(3,4)34)31-25-19-13-23(37-12-11-36-17-9-10-17)22(35-5)14-21(19)32-16(2)33-25/h6-8,13-15,17,34H,9-12H2,1-5H3,(H,31,32,33)/t15-/m1/s1. The number of benzene rings is 2. The minimum Gasteiger partial charge on any atom is -0.493 e. The molecule has 4 rings (SSSR count). The number of aromatic nitrogens is 2. The Morgan fingerprint density at radius 1 is 1.14 bits per heavy atom. The highest BCUT2D eigenvalue weighted by molar-refractivity contribution is 5.92. The van der Waals surface area contributed by atoms with E-state index in [1.54, 1.807) is 26.0 Å². The third-order valence-electron chi connectivity index (χ3n) is 6.27. The van der Waals surface area contributed by atoms with Gasteiger partial charge < -0.3 is 24.6 Å². The van der Waals surface area contributed by atoms with Gasteiger partial charge in [0.05, 0.1) is 36.9 Å². The number of hydrogen-bond donors (Lipinski definition) is 2. The molecule has 7 nitrogen and oxygen atoms in total. The van der Waals surface area contributed by atoms with Crippen LogP contribution in [0.4, 0.5) is 19.0 Å². The van der Waals surface area contributed by atoms with Crippen LogP contribution >= 0.6 is 0 Å². The van der Waals surface area contributed by atoms with Crippen LogP contribution in [0.15, 0.2) is 30.3 Å². The van der Waals surface area contributed by atoms with Crippen molar-refractivity contribution in [1.29, 1.82) is 0 Å². The second-order valence-electron chi connectivity index (χ2n) is 9.77. The van der Waals surface area contributed by atoms with Crippen molar-refractivity contribution >= 4 is 16.7 Å². The molecule has 1 fully saturated rings. The van der Waals surface area contributed by atoms with Crippen LogP contribution in [0.2, 0.25) is 0 Å². The predicted octanol–water partition coefficient (Wildman–Crippen LogP) is 5.68. The first-order valence-corrected chi connectivity index (χ1v) is 12.2. The highest BCUT2D eigenvalue weighted by atomic mass is 19.3. The van der Waals surface area contributed by atoms with Crippen molar-refractivity contribution in [3.8, 4) is 11.5 Å². The largest absolute Gasteiger partial charge is 0.493 e. The molecule has 2 aromatic carbocycles. The molecule has 0 radical (unpaired) electrons.